The quantitative estimate of drug-likeness (QED) is 0.725. The molecule has 118 valence electrons. The highest BCUT2D eigenvalue weighted by molar-refractivity contribution is 7.91. The maximum Gasteiger partial charge on any atom is 0.226 e. The minimum atomic E-state index is -3.83. The molecular weight excluding hydrogens is 336 g/mol. The maximum atomic E-state index is 12.7. The Balaban J connectivity index is 2.19. The first-order valence-electron chi connectivity index (χ1n) is 6.75. The third-order valence-electron chi connectivity index (χ3n) is 3.39. The number of fused-ring (bicyclic) bond motifs is 1. The third kappa shape index (κ3) is 2.87. The zero-order chi connectivity index (χ0) is 16.6. The molecule has 0 unspecified atom stereocenters. The smallest absolute Gasteiger partial charge is 0.226 e. The van der Waals surface area contributed by atoms with Gasteiger partial charge < -0.3 is 4.74 Å². The van der Waals surface area contributed by atoms with Crippen LogP contribution in [0, 0.1) is 6.92 Å². The van der Waals surface area contributed by atoms with E-state index >= 15 is 0 Å². The molecule has 7 heteroatoms. The van der Waals surface area contributed by atoms with E-state index < -0.39 is 9.84 Å². The highest BCUT2D eigenvalue weighted by atomic mass is 35.5. The number of benzene rings is 2. The molecule has 3 aromatic rings. The number of aryl methyl sites for hydroxylation is 1. The fraction of sp³-hybridized carbons (Fsp3) is 0.125. The van der Waals surface area contributed by atoms with Crippen molar-refractivity contribution in [2.45, 2.75) is 16.8 Å². The zero-order valence-corrected chi connectivity index (χ0v) is 14.0. The Morgan fingerprint density at radius 2 is 1.70 bits per heavy atom. The first-order valence-corrected chi connectivity index (χ1v) is 8.61. The molecule has 2 aromatic carbocycles. The highest BCUT2D eigenvalue weighted by Crippen LogP contribution is 2.28. The van der Waals surface area contributed by atoms with Crippen molar-refractivity contribution in [3.8, 4) is 5.75 Å². The molecule has 23 heavy (non-hydrogen) atoms. The molecule has 0 amide bonds. The van der Waals surface area contributed by atoms with E-state index in [1.54, 1.807) is 30.3 Å². The number of ether oxygens (including phenoxy) is 1. The molecule has 0 aliphatic rings. The molecule has 0 aliphatic heterocycles. The molecule has 0 aliphatic carbocycles. The van der Waals surface area contributed by atoms with Crippen molar-refractivity contribution in [3.63, 3.8) is 0 Å². The van der Waals surface area contributed by atoms with Crippen molar-refractivity contribution in [3.05, 3.63) is 53.2 Å². The lowest BCUT2D eigenvalue weighted by Crippen LogP contribution is -2.07. The number of halogens is 1. The summed E-state index contributed by atoms with van der Waals surface area (Å²) in [4.78, 5) is 8.45. The third-order valence-corrected chi connectivity index (χ3v) is 5.45. The van der Waals surface area contributed by atoms with E-state index in [-0.39, 0.29) is 15.1 Å². The average Bonchev–Trinajstić information content (AvgIpc) is 2.53. The molecule has 0 bridgehead atoms. The molecule has 0 radical (unpaired) electrons. The van der Waals surface area contributed by atoms with Crippen LogP contribution in [0.2, 0.25) is 5.15 Å². The second-order valence-electron chi connectivity index (χ2n) is 4.99. The topological polar surface area (TPSA) is 69.2 Å². The van der Waals surface area contributed by atoms with Gasteiger partial charge in [0, 0.05) is 6.07 Å². The van der Waals surface area contributed by atoms with Gasteiger partial charge in [-0.3, -0.25) is 0 Å². The van der Waals surface area contributed by atoms with Crippen molar-refractivity contribution >= 4 is 32.5 Å². The van der Waals surface area contributed by atoms with Gasteiger partial charge in [-0.05, 0) is 31.2 Å². The Kier molecular flexibility index (Phi) is 3.95. The van der Waals surface area contributed by atoms with Crippen LogP contribution in [0.4, 0.5) is 0 Å². The van der Waals surface area contributed by atoms with Gasteiger partial charge in [0.1, 0.15) is 5.75 Å². The Labute approximate surface area is 138 Å². The van der Waals surface area contributed by atoms with E-state index in [1.807, 2.05) is 6.92 Å². The van der Waals surface area contributed by atoms with Gasteiger partial charge in [0.25, 0.3) is 0 Å². The van der Waals surface area contributed by atoms with E-state index in [4.69, 9.17) is 16.3 Å². The Morgan fingerprint density at radius 1 is 1.00 bits per heavy atom. The van der Waals surface area contributed by atoms with Gasteiger partial charge in [-0.15, -0.1) is 0 Å². The second-order valence-corrected chi connectivity index (χ2v) is 7.21. The summed E-state index contributed by atoms with van der Waals surface area (Å²) in [7, 11) is -2.30. The fourth-order valence-electron chi connectivity index (χ4n) is 2.12. The zero-order valence-electron chi connectivity index (χ0n) is 12.4. The number of hydrogen-bond donors (Lipinski definition) is 0. The summed E-state index contributed by atoms with van der Waals surface area (Å²) in [6, 6.07) is 11.5. The standard InChI is InChI=1S/C16H13ClN2O3S/c1-10-3-6-12(7-4-10)23(20,21)16-15(17)18-14-9-11(22-2)5-8-13(14)19-16/h3-9H,1-2H3. The molecule has 0 spiro atoms. The van der Waals surface area contributed by atoms with E-state index in [1.165, 1.54) is 19.2 Å². The lowest BCUT2D eigenvalue weighted by atomic mass is 10.2. The molecule has 0 fully saturated rings. The fourth-order valence-corrected chi connectivity index (χ4v) is 3.77. The van der Waals surface area contributed by atoms with Crippen molar-refractivity contribution in [2.24, 2.45) is 0 Å². The molecule has 1 heterocycles. The summed E-state index contributed by atoms with van der Waals surface area (Å²) < 4.78 is 30.6. The summed E-state index contributed by atoms with van der Waals surface area (Å²) in [5.74, 6) is 0.594. The van der Waals surface area contributed by atoms with Crippen molar-refractivity contribution in [2.75, 3.05) is 7.11 Å². The lowest BCUT2D eigenvalue weighted by Gasteiger charge is -2.08. The molecule has 5 nitrogen and oxygen atoms in total. The number of nitrogens with zero attached hydrogens (tertiary/aromatic N) is 2. The van der Waals surface area contributed by atoms with E-state index in [0.29, 0.717) is 16.8 Å². The van der Waals surface area contributed by atoms with Crippen LogP contribution >= 0.6 is 11.6 Å². The molecule has 1 aromatic heterocycles. The van der Waals surface area contributed by atoms with Crippen LogP contribution in [0.5, 0.6) is 5.75 Å². The average molecular weight is 349 g/mol. The normalized spacial score (nSPS) is 11.6. The lowest BCUT2D eigenvalue weighted by molar-refractivity contribution is 0.415. The molecule has 0 saturated heterocycles. The SMILES string of the molecule is COc1ccc2nc(S(=O)(=O)c3ccc(C)cc3)c(Cl)nc2c1. The summed E-state index contributed by atoms with van der Waals surface area (Å²) in [6.45, 7) is 1.88. The van der Waals surface area contributed by atoms with Crippen LogP contribution < -0.4 is 4.74 Å². The predicted molar refractivity (Wildman–Crippen MR) is 87.7 cm³/mol. The number of methoxy groups -OCH3 is 1. The Morgan fingerprint density at radius 3 is 2.35 bits per heavy atom. The minimum absolute atomic E-state index is 0.132. The van der Waals surface area contributed by atoms with Gasteiger partial charge in [-0.1, -0.05) is 29.3 Å². The van der Waals surface area contributed by atoms with Gasteiger partial charge in [0.05, 0.1) is 23.0 Å². The first kappa shape index (κ1) is 15.7. The van der Waals surface area contributed by atoms with Gasteiger partial charge in [-0.2, -0.15) is 0 Å². The maximum absolute atomic E-state index is 12.7. The molecular formula is C16H13ClN2O3S. The Bertz CT molecular complexity index is 986. The van der Waals surface area contributed by atoms with Crippen LogP contribution in [-0.2, 0) is 9.84 Å². The van der Waals surface area contributed by atoms with Crippen LogP contribution in [0.15, 0.2) is 52.4 Å². The number of rotatable bonds is 3. The van der Waals surface area contributed by atoms with Crippen molar-refractivity contribution in [1.29, 1.82) is 0 Å². The van der Waals surface area contributed by atoms with Gasteiger partial charge in [0.2, 0.25) is 9.84 Å². The summed E-state index contributed by atoms with van der Waals surface area (Å²) in [5, 5.41) is -0.410. The Hall–Kier alpha value is -2.18. The summed E-state index contributed by atoms with van der Waals surface area (Å²) in [6.07, 6.45) is 0. The molecule has 3 rings (SSSR count). The van der Waals surface area contributed by atoms with Gasteiger partial charge in [-0.25, -0.2) is 18.4 Å². The van der Waals surface area contributed by atoms with Crippen LogP contribution in [-0.4, -0.2) is 25.5 Å². The predicted octanol–water partition coefficient (Wildman–Crippen LogP) is 3.43. The number of hydrogen-bond acceptors (Lipinski definition) is 5. The number of aromatic nitrogens is 2. The van der Waals surface area contributed by atoms with Crippen LogP contribution in [0.3, 0.4) is 0 Å². The minimum Gasteiger partial charge on any atom is -0.497 e. The van der Waals surface area contributed by atoms with E-state index in [9.17, 15) is 8.42 Å². The summed E-state index contributed by atoms with van der Waals surface area (Å²) >= 11 is 6.07. The largest absolute Gasteiger partial charge is 0.497 e. The number of sulfone groups is 1. The monoisotopic (exact) mass is 348 g/mol. The molecule has 0 saturated carbocycles. The molecule has 0 N–H and O–H groups in total. The van der Waals surface area contributed by atoms with E-state index in [0.717, 1.165) is 5.56 Å². The van der Waals surface area contributed by atoms with Crippen LogP contribution in [0.1, 0.15) is 5.56 Å². The first-order chi connectivity index (χ1) is 10.9. The molecule has 0 atom stereocenters. The second kappa shape index (κ2) is 5.79. The van der Waals surface area contributed by atoms with Crippen molar-refractivity contribution in [1.82, 2.24) is 9.97 Å². The van der Waals surface area contributed by atoms with E-state index in [2.05, 4.69) is 9.97 Å². The highest BCUT2D eigenvalue weighted by Gasteiger charge is 2.24. The summed E-state index contributed by atoms with van der Waals surface area (Å²) in [5.41, 5.74) is 1.87. The van der Waals surface area contributed by atoms with Gasteiger partial charge >= 0.3 is 0 Å². The van der Waals surface area contributed by atoms with Crippen molar-refractivity contribution < 1.29 is 13.2 Å². The van der Waals surface area contributed by atoms with Crippen LogP contribution in [0.25, 0.3) is 11.0 Å². The van der Waals surface area contributed by atoms with Gasteiger partial charge in [0.15, 0.2) is 10.2 Å².